The molecule has 136 valence electrons. The third-order valence-corrected chi connectivity index (χ3v) is 4.98. The van der Waals surface area contributed by atoms with Gasteiger partial charge in [0.25, 0.3) is 5.91 Å². The summed E-state index contributed by atoms with van der Waals surface area (Å²) in [5.41, 5.74) is 1.80. The van der Waals surface area contributed by atoms with Gasteiger partial charge < -0.3 is 10.0 Å². The molecule has 1 N–H and O–H groups in total. The molecule has 0 atom stereocenters. The van der Waals surface area contributed by atoms with Gasteiger partial charge in [0.05, 0.1) is 16.1 Å². The lowest BCUT2D eigenvalue weighted by Gasteiger charge is -2.35. The predicted octanol–water partition coefficient (Wildman–Crippen LogP) is 3.65. The molecule has 26 heavy (non-hydrogen) atoms. The third kappa shape index (κ3) is 4.36. The molecule has 2 aromatic carbocycles. The molecule has 1 aliphatic heterocycles. The summed E-state index contributed by atoms with van der Waals surface area (Å²) in [5, 5.41) is 9.81. The van der Waals surface area contributed by atoms with Crippen LogP contribution in [0, 0.1) is 0 Å². The van der Waals surface area contributed by atoms with Crippen LogP contribution >= 0.6 is 23.2 Å². The predicted molar refractivity (Wildman–Crippen MR) is 101 cm³/mol. The molecule has 2 aromatic rings. The summed E-state index contributed by atoms with van der Waals surface area (Å²) in [6, 6.07) is 11.8. The lowest BCUT2D eigenvalue weighted by atomic mass is 10.1. The first kappa shape index (κ1) is 18.7. The van der Waals surface area contributed by atoms with Gasteiger partial charge in [0.15, 0.2) is 0 Å². The molecule has 1 heterocycles. The van der Waals surface area contributed by atoms with E-state index in [9.17, 15) is 9.59 Å². The Kier molecular flexibility index (Phi) is 5.81. The van der Waals surface area contributed by atoms with Crippen molar-refractivity contribution >= 4 is 35.1 Å². The summed E-state index contributed by atoms with van der Waals surface area (Å²) in [6.45, 7) is 3.45. The van der Waals surface area contributed by atoms with E-state index in [1.165, 1.54) is 0 Å². The number of nitrogens with zero attached hydrogens (tertiary/aromatic N) is 2. The monoisotopic (exact) mass is 392 g/mol. The molecule has 1 amide bonds. The Balaban J connectivity index is 1.57. The number of rotatable bonds is 4. The van der Waals surface area contributed by atoms with Gasteiger partial charge in [-0.3, -0.25) is 9.69 Å². The summed E-state index contributed by atoms with van der Waals surface area (Å²) in [7, 11) is 0. The molecular formula is C19H18Cl2N2O3. The number of carboxylic acids is 1. The fraction of sp³-hybridized carbons (Fsp3) is 0.263. The number of halogens is 2. The van der Waals surface area contributed by atoms with Gasteiger partial charge in [0.1, 0.15) is 0 Å². The Bertz CT molecular complexity index is 816. The Morgan fingerprint density at radius 3 is 2.19 bits per heavy atom. The summed E-state index contributed by atoms with van der Waals surface area (Å²) in [4.78, 5) is 27.5. The average molecular weight is 393 g/mol. The van der Waals surface area contributed by atoms with Crippen LogP contribution in [0.2, 0.25) is 10.0 Å². The number of amides is 1. The molecule has 7 heteroatoms. The topological polar surface area (TPSA) is 60.9 Å². The minimum absolute atomic E-state index is 0.0860. The Morgan fingerprint density at radius 2 is 1.62 bits per heavy atom. The minimum Gasteiger partial charge on any atom is -0.478 e. The van der Waals surface area contributed by atoms with Gasteiger partial charge in [-0.25, -0.2) is 4.79 Å². The lowest BCUT2D eigenvalue weighted by Crippen LogP contribution is -2.48. The van der Waals surface area contributed by atoms with Gasteiger partial charge in [-0.05, 0) is 35.9 Å². The molecule has 0 radical (unpaired) electrons. The van der Waals surface area contributed by atoms with Gasteiger partial charge in [0.2, 0.25) is 0 Å². The summed E-state index contributed by atoms with van der Waals surface area (Å²) in [5.74, 6) is -1.01. The van der Waals surface area contributed by atoms with E-state index < -0.39 is 5.97 Å². The van der Waals surface area contributed by atoms with Crippen LogP contribution in [0.15, 0.2) is 42.5 Å². The second-order valence-electron chi connectivity index (χ2n) is 6.19. The van der Waals surface area contributed by atoms with Crippen molar-refractivity contribution in [2.24, 2.45) is 0 Å². The van der Waals surface area contributed by atoms with Crippen LogP contribution in [-0.4, -0.2) is 53.0 Å². The van der Waals surface area contributed by atoms with Gasteiger partial charge in [-0.1, -0.05) is 35.3 Å². The smallest absolute Gasteiger partial charge is 0.335 e. The first-order chi connectivity index (χ1) is 12.4. The van der Waals surface area contributed by atoms with Crippen molar-refractivity contribution in [2.75, 3.05) is 26.2 Å². The van der Waals surface area contributed by atoms with E-state index in [-0.39, 0.29) is 11.5 Å². The van der Waals surface area contributed by atoms with Gasteiger partial charge in [0, 0.05) is 37.7 Å². The molecule has 1 aliphatic rings. The number of piperazine rings is 1. The van der Waals surface area contributed by atoms with E-state index >= 15 is 0 Å². The molecule has 0 bridgehead atoms. The number of benzene rings is 2. The van der Waals surface area contributed by atoms with Crippen LogP contribution in [0.3, 0.4) is 0 Å². The molecule has 0 saturated carbocycles. The van der Waals surface area contributed by atoms with Gasteiger partial charge in [-0.15, -0.1) is 0 Å². The van der Waals surface area contributed by atoms with Crippen molar-refractivity contribution in [2.45, 2.75) is 6.54 Å². The van der Waals surface area contributed by atoms with Crippen molar-refractivity contribution in [3.8, 4) is 0 Å². The second-order valence-corrected chi connectivity index (χ2v) is 7.04. The van der Waals surface area contributed by atoms with E-state index in [2.05, 4.69) is 4.90 Å². The van der Waals surface area contributed by atoms with Gasteiger partial charge in [-0.2, -0.15) is 0 Å². The summed E-state index contributed by atoms with van der Waals surface area (Å²) in [6.07, 6.45) is 0. The minimum atomic E-state index is -0.926. The number of carboxylic acid groups (broad SMARTS) is 1. The van der Waals surface area contributed by atoms with Crippen molar-refractivity contribution in [3.05, 3.63) is 69.2 Å². The highest BCUT2D eigenvalue weighted by atomic mass is 35.5. The Labute approximate surface area is 161 Å². The molecule has 0 unspecified atom stereocenters. The van der Waals surface area contributed by atoms with E-state index in [1.54, 1.807) is 35.2 Å². The van der Waals surface area contributed by atoms with Crippen molar-refractivity contribution in [1.29, 1.82) is 0 Å². The molecule has 1 saturated heterocycles. The van der Waals surface area contributed by atoms with E-state index in [0.717, 1.165) is 25.2 Å². The fourth-order valence-corrected chi connectivity index (χ4v) is 3.44. The number of carbonyl (C=O) groups is 2. The van der Waals surface area contributed by atoms with Crippen LogP contribution < -0.4 is 0 Å². The molecule has 1 fully saturated rings. The number of hydrogen-bond acceptors (Lipinski definition) is 3. The number of carbonyl (C=O) groups excluding carboxylic acids is 1. The molecule has 0 spiro atoms. The first-order valence-corrected chi connectivity index (χ1v) is 8.98. The zero-order valence-corrected chi connectivity index (χ0v) is 15.5. The van der Waals surface area contributed by atoms with E-state index in [0.29, 0.717) is 28.7 Å². The van der Waals surface area contributed by atoms with Crippen molar-refractivity contribution in [3.63, 3.8) is 0 Å². The van der Waals surface area contributed by atoms with Crippen molar-refractivity contribution in [1.82, 2.24) is 9.80 Å². The normalized spacial score (nSPS) is 15.1. The van der Waals surface area contributed by atoms with Crippen LogP contribution in [0.5, 0.6) is 0 Å². The van der Waals surface area contributed by atoms with Crippen LogP contribution in [0.1, 0.15) is 26.3 Å². The van der Waals surface area contributed by atoms with Crippen LogP contribution in [-0.2, 0) is 6.54 Å². The number of hydrogen-bond donors (Lipinski definition) is 1. The maximum absolute atomic E-state index is 12.6. The maximum atomic E-state index is 12.6. The highest BCUT2D eigenvalue weighted by molar-refractivity contribution is 6.36. The number of aromatic carboxylic acids is 1. The summed E-state index contributed by atoms with van der Waals surface area (Å²) >= 11 is 12.0. The third-order valence-electron chi connectivity index (χ3n) is 4.43. The Hall–Kier alpha value is -2.08. The molecule has 0 aromatic heterocycles. The van der Waals surface area contributed by atoms with Crippen LogP contribution in [0.25, 0.3) is 0 Å². The molecule has 3 rings (SSSR count). The largest absolute Gasteiger partial charge is 0.478 e. The highest BCUT2D eigenvalue weighted by Crippen LogP contribution is 2.23. The van der Waals surface area contributed by atoms with Crippen LogP contribution in [0.4, 0.5) is 0 Å². The summed E-state index contributed by atoms with van der Waals surface area (Å²) < 4.78 is 0. The first-order valence-electron chi connectivity index (χ1n) is 8.23. The van der Waals surface area contributed by atoms with E-state index in [4.69, 9.17) is 28.3 Å². The second kappa shape index (κ2) is 8.08. The lowest BCUT2D eigenvalue weighted by molar-refractivity contribution is 0.0628. The van der Waals surface area contributed by atoms with Crippen molar-refractivity contribution < 1.29 is 14.7 Å². The zero-order valence-electron chi connectivity index (χ0n) is 14.0. The Morgan fingerprint density at radius 1 is 0.962 bits per heavy atom. The SMILES string of the molecule is O=C(O)c1ccc(CN2CCN(C(=O)c3ccc(Cl)cc3Cl)CC2)cc1. The molecule has 0 aliphatic carbocycles. The highest BCUT2D eigenvalue weighted by Gasteiger charge is 2.23. The molecule has 5 nitrogen and oxygen atoms in total. The quantitative estimate of drug-likeness (QED) is 0.862. The maximum Gasteiger partial charge on any atom is 0.335 e. The standard InChI is InChI=1S/C19H18Cl2N2O3/c20-15-5-6-16(17(21)11-15)18(24)23-9-7-22(8-10-23)12-13-1-3-14(4-2-13)19(25)26/h1-6,11H,7-10,12H2,(H,25,26). The molecular weight excluding hydrogens is 375 g/mol. The van der Waals surface area contributed by atoms with Gasteiger partial charge >= 0.3 is 5.97 Å². The fourth-order valence-electron chi connectivity index (χ4n) is 2.95. The zero-order chi connectivity index (χ0) is 18.7. The average Bonchev–Trinajstić information content (AvgIpc) is 2.62. The van der Waals surface area contributed by atoms with E-state index in [1.807, 2.05) is 12.1 Å².